The van der Waals surface area contributed by atoms with E-state index in [0.717, 1.165) is 44.0 Å². The first-order valence-corrected chi connectivity index (χ1v) is 8.98. The lowest BCUT2D eigenvalue weighted by Crippen LogP contribution is -2.47. The van der Waals surface area contributed by atoms with Crippen molar-refractivity contribution >= 4 is 28.3 Å². The van der Waals surface area contributed by atoms with E-state index < -0.39 is 0 Å². The fourth-order valence-corrected chi connectivity index (χ4v) is 3.87. The summed E-state index contributed by atoms with van der Waals surface area (Å²) in [7, 11) is 1.71. The van der Waals surface area contributed by atoms with Crippen LogP contribution in [0.15, 0.2) is 18.2 Å². The summed E-state index contributed by atoms with van der Waals surface area (Å²) in [5.41, 5.74) is 1.23. The van der Waals surface area contributed by atoms with Crippen molar-refractivity contribution in [2.75, 3.05) is 31.6 Å². The molecule has 21 heavy (non-hydrogen) atoms. The molecule has 1 saturated carbocycles. The standard InChI is InChI=1S/C16H23IN2O2/c1-20-14-7-6-12(19-9-8-18-16(17)11-19)10-15(14)21-13-4-2-3-5-13/h6-7,10,13,16,18H,2-5,8-9,11H2,1H3/t16-/m1/s1. The summed E-state index contributed by atoms with van der Waals surface area (Å²) in [5.74, 6) is 1.73. The van der Waals surface area contributed by atoms with Crippen LogP contribution in [0.5, 0.6) is 11.5 Å². The maximum Gasteiger partial charge on any atom is 0.163 e. The van der Waals surface area contributed by atoms with Crippen LogP contribution in [-0.4, -0.2) is 36.9 Å². The van der Waals surface area contributed by atoms with Crippen molar-refractivity contribution in [2.45, 2.75) is 35.8 Å². The van der Waals surface area contributed by atoms with E-state index >= 15 is 0 Å². The van der Waals surface area contributed by atoms with Gasteiger partial charge < -0.3 is 19.7 Å². The summed E-state index contributed by atoms with van der Waals surface area (Å²) < 4.78 is 12.1. The second-order valence-corrected chi connectivity index (χ2v) is 7.23. The zero-order chi connectivity index (χ0) is 14.7. The number of anilines is 1. The molecule has 5 heteroatoms. The number of benzene rings is 1. The molecule has 0 aromatic heterocycles. The zero-order valence-electron chi connectivity index (χ0n) is 12.5. The Morgan fingerprint density at radius 1 is 1.24 bits per heavy atom. The molecule has 0 radical (unpaired) electrons. The fourth-order valence-electron chi connectivity index (χ4n) is 3.08. The molecule has 1 saturated heterocycles. The summed E-state index contributed by atoms with van der Waals surface area (Å²) in [6.07, 6.45) is 5.24. The van der Waals surface area contributed by atoms with Crippen molar-refractivity contribution in [2.24, 2.45) is 0 Å². The predicted octanol–water partition coefficient (Wildman–Crippen LogP) is 3.19. The lowest BCUT2D eigenvalue weighted by molar-refractivity contribution is 0.201. The highest BCUT2D eigenvalue weighted by Crippen LogP contribution is 2.35. The van der Waals surface area contributed by atoms with E-state index in [4.69, 9.17) is 9.47 Å². The molecule has 0 unspecified atom stereocenters. The molecule has 0 spiro atoms. The number of alkyl halides is 1. The monoisotopic (exact) mass is 402 g/mol. The summed E-state index contributed by atoms with van der Waals surface area (Å²) in [6, 6.07) is 6.31. The van der Waals surface area contributed by atoms with Crippen LogP contribution in [0.25, 0.3) is 0 Å². The average Bonchev–Trinajstić information content (AvgIpc) is 3.00. The second-order valence-electron chi connectivity index (χ2n) is 5.73. The molecule has 1 aromatic carbocycles. The van der Waals surface area contributed by atoms with E-state index in [2.05, 4.69) is 44.9 Å². The van der Waals surface area contributed by atoms with Crippen LogP contribution in [0.3, 0.4) is 0 Å². The normalized spacial score (nSPS) is 23.3. The Kier molecular flexibility index (Phi) is 5.11. The van der Waals surface area contributed by atoms with Gasteiger partial charge in [0, 0.05) is 31.4 Å². The quantitative estimate of drug-likeness (QED) is 0.477. The second kappa shape index (κ2) is 7.05. The predicted molar refractivity (Wildman–Crippen MR) is 93.9 cm³/mol. The lowest BCUT2D eigenvalue weighted by Gasteiger charge is -2.33. The first-order valence-electron chi connectivity index (χ1n) is 7.73. The van der Waals surface area contributed by atoms with Gasteiger partial charge >= 0.3 is 0 Å². The van der Waals surface area contributed by atoms with Gasteiger partial charge in [-0.15, -0.1) is 0 Å². The van der Waals surface area contributed by atoms with E-state index in [1.54, 1.807) is 7.11 Å². The highest BCUT2D eigenvalue weighted by atomic mass is 127. The molecule has 0 amide bonds. The Balaban J connectivity index is 1.78. The van der Waals surface area contributed by atoms with Crippen LogP contribution >= 0.6 is 22.6 Å². The van der Waals surface area contributed by atoms with Gasteiger partial charge in [0.2, 0.25) is 0 Å². The summed E-state index contributed by atoms with van der Waals surface area (Å²) in [5, 5.41) is 3.47. The van der Waals surface area contributed by atoms with Gasteiger partial charge in [0.15, 0.2) is 11.5 Å². The summed E-state index contributed by atoms with van der Waals surface area (Å²) in [4.78, 5) is 2.41. The third-order valence-corrected chi connectivity index (χ3v) is 5.07. The smallest absolute Gasteiger partial charge is 0.163 e. The van der Waals surface area contributed by atoms with Crippen LogP contribution in [0, 0.1) is 0 Å². The van der Waals surface area contributed by atoms with Crippen LogP contribution in [0.4, 0.5) is 5.69 Å². The lowest BCUT2D eigenvalue weighted by atomic mass is 10.2. The van der Waals surface area contributed by atoms with Gasteiger partial charge in [-0.1, -0.05) is 22.6 Å². The number of nitrogens with one attached hydrogen (secondary N) is 1. The molecule has 2 aliphatic rings. The molecular weight excluding hydrogens is 379 g/mol. The topological polar surface area (TPSA) is 33.7 Å². The number of piperazine rings is 1. The highest BCUT2D eigenvalue weighted by Gasteiger charge is 2.21. The largest absolute Gasteiger partial charge is 0.493 e. The summed E-state index contributed by atoms with van der Waals surface area (Å²) >= 11 is 2.45. The Morgan fingerprint density at radius 3 is 2.76 bits per heavy atom. The van der Waals surface area contributed by atoms with E-state index in [-0.39, 0.29) is 0 Å². The number of methoxy groups -OCH3 is 1. The third kappa shape index (κ3) is 3.74. The highest BCUT2D eigenvalue weighted by molar-refractivity contribution is 14.1. The minimum absolute atomic E-state index is 0.356. The van der Waals surface area contributed by atoms with Crippen LogP contribution in [0.2, 0.25) is 0 Å². The molecule has 0 bridgehead atoms. The first kappa shape index (κ1) is 15.2. The molecule has 3 rings (SSSR count). The summed E-state index contributed by atoms with van der Waals surface area (Å²) in [6.45, 7) is 3.09. The Hall–Kier alpha value is -0.690. The van der Waals surface area contributed by atoms with E-state index in [1.807, 2.05) is 6.07 Å². The molecule has 2 fully saturated rings. The van der Waals surface area contributed by atoms with Crippen molar-refractivity contribution < 1.29 is 9.47 Å². The number of rotatable bonds is 4. The molecular formula is C16H23IN2O2. The van der Waals surface area contributed by atoms with Crippen molar-refractivity contribution in [1.29, 1.82) is 0 Å². The van der Waals surface area contributed by atoms with Crippen LogP contribution < -0.4 is 19.7 Å². The van der Waals surface area contributed by atoms with Crippen LogP contribution in [-0.2, 0) is 0 Å². The number of nitrogens with zero attached hydrogens (tertiary/aromatic N) is 1. The maximum absolute atomic E-state index is 6.19. The van der Waals surface area contributed by atoms with Gasteiger partial charge in [0.25, 0.3) is 0 Å². The van der Waals surface area contributed by atoms with Crippen molar-refractivity contribution in [3.8, 4) is 11.5 Å². The van der Waals surface area contributed by atoms with Gasteiger partial charge in [-0.25, -0.2) is 0 Å². The Bertz CT molecular complexity index is 477. The molecule has 1 aromatic rings. The SMILES string of the molecule is COc1ccc(N2CCN[C@@H](I)C2)cc1OC1CCCC1. The van der Waals surface area contributed by atoms with E-state index in [9.17, 15) is 0 Å². The molecule has 1 aliphatic carbocycles. The fraction of sp³-hybridized carbons (Fsp3) is 0.625. The van der Waals surface area contributed by atoms with Gasteiger partial charge in [-0.05, 0) is 37.8 Å². The maximum atomic E-state index is 6.19. The van der Waals surface area contributed by atoms with Gasteiger partial charge in [0.05, 0.1) is 17.3 Å². The minimum atomic E-state index is 0.356. The van der Waals surface area contributed by atoms with Crippen molar-refractivity contribution in [1.82, 2.24) is 5.32 Å². The molecule has 1 N–H and O–H groups in total. The molecule has 1 heterocycles. The third-order valence-electron chi connectivity index (χ3n) is 4.24. The number of hydrogen-bond donors (Lipinski definition) is 1. The number of ether oxygens (including phenoxy) is 2. The zero-order valence-corrected chi connectivity index (χ0v) is 14.6. The number of halogens is 1. The number of hydrogen-bond acceptors (Lipinski definition) is 4. The Labute approximate surface area is 140 Å². The molecule has 1 aliphatic heterocycles. The average molecular weight is 402 g/mol. The van der Waals surface area contributed by atoms with Crippen molar-refractivity contribution in [3.05, 3.63) is 18.2 Å². The minimum Gasteiger partial charge on any atom is -0.493 e. The van der Waals surface area contributed by atoms with E-state index in [1.165, 1.54) is 18.5 Å². The van der Waals surface area contributed by atoms with Gasteiger partial charge in [-0.3, -0.25) is 0 Å². The van der Waals surface area contributed by atoms with Crippen molar-refractivity contribution in [3.63, 3.8) is 0 Å². The Morgan fingerprint density at radius 2 is 2.05 bits per heavy atom. The van der Waals surface area contributed by atoms with Crippen LogP contribution in [0.1, 0.15) is 25.7 Å². The van der Waals surface area contributed by atoms with Gasteiger partial charge in [0.1, 0.15) is 0 Å². The van der Waals surface area contributed by atoms with Gasteiger partial charge in [-0.2, -0.15) is 0 Å². The molecule has 1 atom stereocenters. The first-order chi connectivity index (χ1) is 10.3. The van der Waals surface area contributed by atoms with E-state index in [0.29, 0.717) is 10.2 Å². The molecule has 116 valence electrons. The molecule has 4 nitrogen and oxygen atoms in total.